The zero-order chi connectivity index (χ0) is 22.2. The van der Waals surface area contributed by atoms with E-state index in [2.05, 4.69) is 25.4 Å². The summed E-state index contributed by atoms with van der Waals surface area (Å²) in [7, 11) is 1.62. The molecule has 2 atom stereocenters. The van der Waals surface area contributed by atoms with Gasteiger partial charge in [-0.3, -0.25) is 9.59 Å². The number of likely N-dealkylation sites (tertiary alicyclic amines) is 1. The van der Waals surface area contributed by atoms with Crippen molar-refractivity contribution in [2.75, 3.05) is 18.9 Å². The number of anilines is 1. The van der Waals surface area contributed by atoms with Crippen LogP contribution in [0.25, 0.3) is 22.8 Å². The first kappa shape index (κ1) is 20.4. The highest BCUT2D eigenvalue weighted by atomic mass is 16.5. The number of primary amides is 1. The van der Waals surface area contributed by atoms with Crippen LogP contribution in [-0.2, 0) is 15.2 Å². The first-order chi connectivity index (χ1) is 14.8. The number of carbonyl (C=O) groups is 2. The number of amides is 2. The van der Waals surface area contributed by atoms with E-state index in [0.717, 1.165) is 0 Å². The third-order valence-electron chi connectivity index (χ3n) is 5.13. The van der Waals surface area contributed by atoms with Crippen molar-refractivity contribution in [3.63, 3.8) is 0 Å². The molecule has 1 fully saturated rings. The van der Waals surface area contributed by atoms with E-state index >= 15 is 0 Å². The summed E-state index contributed by atoms with van der Waals surface area (Å²) >= 11 is 0. The van der Waals surface area contributed by atoms with Gasteiger partial charge in [-0.05, 0) is 25.1 Å². The summed E-state index contributed by atoms with van der Waals surface area (Å²) in [5.74, 6) is -0.628. The lowest BCUT2D eigenvalue weighted by Crippen LogP contribution is -2.35. The number of rotatable bonds is 6. The molecule has 1 aliphatic rings. The Balaban J connectivity index is 1.61. The van der Waals surface area contributed by atoms with Crippen LogP contribution in [-0.4, -0.2) is 61.6 Å². The van der Waals surface area contributed by atoms with Gasteiger partial charge in [-0.15, -0.1) is 0 Å². The maximum Gasteiger partial charge on any atom is 0.262 e. The number of nitrogens with two attached hydrogens (primary N) is 1. The van der Waals surface area contributed by atoms with E-state index in [0.29, 0.717) is 29.3 Å². The predicted octanol–water partition coefficient (Wildman–Crippen LogP) is 0.529. The number of likely N-dealkylation sites (N-methyl/N-ethyl adjacent to an activating group) is 1. The van der Waals surface area contributed by atoms with Gasteiger partial charge in [-0.25, -0.2) is 15.0 Å². The Morgan fingerprint density at radius 2 is 1.97 bits per heavy atom. The second kappa shape index (κ2) is 7.76. The summed E-state index contributed by atoms with van der Waals surface area (Å²) in [5.41, 5.74) is 5.46. The molecular weight excluding hydrogens is 402 g/mol. The maximum atomic E-state index is 12.3. The van der Waals surface area contributed by atoms with Crippen LogP contribution < -0.4 is 11.1 Å². The van der Waals surface area contributed by atoms with Gasteiger partial charge in [0.15, 0.2) is 5.76 Å². The van der Waals surface area contributed by atoms with E-state index in [1.54, 1.807) is 44.4 Å². The topological polar surface area (TPSA) is 160 Å². The lowest BCUT2D eigenvalue weighted by molar-refractivity contribution is -0.144. The number of hydrogen-bond donors (Lipinski definition) is 3. The standard InChI is InChI=1S/C20H21N7O4/c1-11(17(21)28)23-19-22-8-6-14(25-19)12-4-3-5-13(24-12)15-10-16(31-26-15)20(30)7-9-27(2)18(20)29/h3-6,8,10-11,30H,7,9H2,1-2H3,(H2,21,28)(H,22,23,25)/t11?,20-/m1/s1. The average Bonchev–Trinajstić information content (AvgIpc) is 3.36. The highest BCUT2D eigenvalue weighted by Gasteiger charge is 2.48. The van der Waals surface area contributed by atoms with Crippen LogP contribution in [0.15, 0.2) is 41.1 Å². The molecule has 0 aliphatic carbocycles. The molecule has 0 aromatic carbocycles. The van der Waals surface area contributed by atoms with Gasteiger partial charge >= 0.3 is 0 Å². The molecule has 0 spiro atoms. The first-order valence-electron chi connectivity index (χ1n) is 9.60. The highest BCUT2D eigenvalue weighted by molar-refractivity contribution is 5.87. The molecule has 160 valence electrons. The van der Waals surface area contributed by atoms with Gasteiger partial charge in [-0.2, -0.15) is 0 Å². The fraction of sp³-hybridized carbons (Fsp3) is 0.300. The number of aliphatic hydroxyl groups is 1. The lowest BCUT2D eigenvalue weighted by Gasteiger charge is -2.16. The summed E-state index contributed by atoms with van der Waals surface area (Å²) < 4.78 is 5.29. The zero-order valence-corrected chi connectivity index (χ0v) is 16.9. The largest absolute Gasteiger partial charge is 0.373 e. The Bertz CT molecular complexity index is 1150. The van der Waals surface area contributed by atoms with Gasteiger partial charge in [0.25, 0.3) is 5.91 Å². The third-order valence-corrected chi connectivity index (χ3v) is 5.13. The second-order valence-electron chi connectivity index (χ2n) is 7.36. The smallest absolute Gasteiger partial charge is 0.262 e. The maximum absolute atomic E-state index is 12.3. The Kier molecular flexibility index (Phi) is 5.11. The van der Waals surface area contributed by atoms with Crippen LogP contribution in [0.4, 0.5) is 5.95 Å². The van der Waals surface area contributed by atoms with Crippen LogP contribution in [0.3, 0.4) is 0 Å². The lowest BCUT2D eigenvalue weighted by atomic mass is 9.98. The molecule has 0 saturated carbocycles. The molecule has 4 N–H and O–H groups in total. The normalized spacial score (nSPS) is 19.5. The fourth-order valence-corrected chi connectivity index (χ4v) is 3.23. The van der Waals surface area contributed by atoms with Gasteiger partial charge in [0.2, 0.25) is 17.5 Å². The number of nitrogens with one attached hydrogen (secondary N) is 1. The van der Waals surface area contributed by atoms with Gasteiger partial charge in [0, 0.05) is 32.3 Å². The summed E-state index contributed by atoms with van der Waals surface area (Å²) in [4.78, 5) is 38.0. The van der Waals surface area contributed by atoms with Crippen molar-refractivity contribution in [2.45, 2.75) is 25.0 Å². The molecule has 4 heterocycles. The van der Waals surface area contributed by atoms with Crippen molar-refractivity contribution in [2.24, 2.45) is 5.73 Å². The van der Waals surface area contributed by atoms with Crippen molar-refractivity contribution in [1.82, 2.24) is 25.0 Å². The predicted molar refractivity (Wildman–Crippen MR) is 109 cm³/mol. The molecule has 11 nitrogen and oxygen atoms in total. The monoisotopic (exact) mass is 423 g/mol. The molecule has 1 aliphatic heterocycles. The summed E-state index contributed by atoms with van der Waals surface area (Å²) in [6.07, 6.45) is 1.77. The van der Waals surface area contributed by atoms with Gasteiger partial charge in [-0.1, -0.05) is 11.2 Å². The number of nitrogens with zero attached hydrogens (tertiary/aromatic N) is 5. The van der Waals surface area contributed by atoms with Gasteiger partial charge < -0.3 is 25.6 Å². The van der Waals surface area contributed by atoms with Crippen molar-refractivity contribution in [1.29, 1.82) is 0 Å². The number of pyridine rings is 1. The molecule has 1 unspecified atom stereocenters. The van der Waals surface area contributed by atoms with Crippen LogP contribution in [0.5, 0.6) is 0 Å². The molecule has 4 rings (SSSR count). The Morgan fingerprint density at radius 1 is 1.26 bits per heavy atom. The zero-order valence-electron chi connectivity index (χ0n) is 16.9. The Hall–Kier alpha value is -3.86. The average molecular weight is 423 g/mol. The van der Waals surface area contributed by atoms with E-state index < -0.39 is 23.5 Å². The molecule has 31 heavy (non-hydrogen) atoms. The highest BCUT2D eigenvalue weighted by Crippen LogP contribution is 2.34. The fourth-order valence-electron chi connectivity index (χ4n) is 3.23. The minimum atomic E-state index is -1.72. The van der Waals surface area contributed by atoms with Crippen molar-refractivity contribution >= 4 is 17.8 Å². The van der Waals surface area contributed by atoms with Crippen LogP contribution in [0, 0.1) is 0 Å². The molecule has 1 saturated heterocycles. The van der Waals surface area contributed by atoms with Crippen LogP contribution >= 0.6 is 0 Å². The van der Waals surface area contributed by atoms with Crippen molar-refractivity contribution in [3.8, 4) is 22.8 Å². The van der Waals surface area contributed by atoms with Gasteiger partial charge in [0.05, 0.1) is 17.1 Å². The van der Waals surface area contributed by atoms with E-state index in [1.807, 2.05) is 0 Å². The van der Waals surface area contributed by atoms with E-state index in [-0.39, 0.29) is 18.1 Å². The molecule has 2 amide bonds. The molecule has 0 radical (unpaired) electrons. The van der Waals surface area contributed by atoms with Crippen LogP contribution in [0.1, 0.15) is 19.1 Å². The molecule has 0 bridgehead atoms. The number of hydrogen-bond acceptors (Lipinski definition) is 9. The summed E-state index contributed by atoms with van der Waals surface area (Å²) in [6.45, 7) is 2.04. The quantitative estimate of drug-likeness (QED) is 0.513. The van der Waals surface area contributed by atoms with E-state index in [1.165, 1.54) is 11.0 Å². The van der Waals surface area contributed by atoms with E-state index in [9.17, 15) is 14.7 Å². The minimum Gasteiger partial charge on any atom is -0.373 e. The number of aromatic nitrogens is 4. The van der Waals surface area contributed by atoms with Crippen molar-refractivity contribution in [3.05, 3.63) is 42.3 Å². The molecular formula is C20H21N7O4. The summed E-state index contributed by atoms with van der Waals surface area (Å²) in [5, 5.41) is 17.5. The Morgan fingerprint density at radius 3 is 2.65 bits per heavy atom. The minimum absolute atomic E-state index is 0.0815. The second-order valence-corrected chi connectivity index (χ2v) is 7.36. The van der Waals surface area contributed by atoms with Gasteiger partial charge in [0.1, 0.15) is 11.7 Å². The molecule has 11 heteroatoms. The molecule has 3 aromatic rings. The first-order valence-corrected chi connectivity index (χ1v) is 9.60. The SMILES string of the molecule is CC(Nc1nccc(-c2cccc(-c3cc([C@]4(O)CCN(C)C4=O)on3)n2)n1)C(N)=O. The van der Waals surface area contributed by atoms with Crippen molar-refractivity contribution < 1.29 is 19.2 Å². The third kappa shape index (κ3) is 3.82. The van der Waals surface area contributed by atoms with Crippen LogP contribution in [0.2, 0.25) is 0 Å². The number of carbonyl (C=O) groups excluding carboxylic acids is 2. The Labute approximate surface area is 177 Å². The summed E-state index contributed by atoms with van der Waals surface area (Å²) in [6, 6.07) is 7.83. The molecule has 3 aromatic heterocycles. The van der Waals surface area contributed by atoms with E-state index in [4.69, 9.17) is 10.3 Å².